The van der Waals surface area contributed by atoms with Crippen molar-refractivity contribution in [1.29, 1.82) is 0 Å². The number of hydrogen-bond donors (Lipinski definition) is 0. The number of carbonyl (C=O) groups is 1. The van der Waals surface area contributed by atoms with Gasteiger partial charge in [0.2, 0.25) is 5.91 Å². The molecule has 3 aromatic carbocycles. The van der Waals surface area contributed by atoms with Gasteiger partial charge in [-0.15, -0.1) is 0 Å². The minimum atomic E-state index is -3.97. The Kier molecular flexibility index (Phi) is 6.97. The van der Waals surface area contributed by atoms with Gasteiger partial charge in [-0.2, -0.15) is 0 Å². The van der Waals surface area contributed by atoms with Gasteiger partial charge in [0.05, 0.1) is 17.7 Å². The maximum Gasteiger partial charge on any atom is 0.264 e. The standard InChI is InChI=1S/C24H26N2O4S/c1-19-12-14-23(15-13-19)31(28,29)26(21-10-7-11-22(16-21)30-3)18-24(27)25(2)17-20-8-5-4-6-9-20/h4-16H,17-18H2,1-3H3. The van der Waals surface area contributed by atoms with E-state index in [0.29, 0.717) is 18.0 Å². The van der Waals surface area contributed by atoms with E-state index in [0.717, 1.165) is 15.4 Å². The molecular weight excluding hydrogens is 412 g/mol. The molecular formula is C24H26N2O4S. The number of likely N-dealkylation sites (N-methyl/N-ethyl adjacent to an activating group) is 1. The van der Waals surface area contributed by atoms with E-state index in [1.807, 2.05) is 37.3 Å². The second kappa shape index (κ2) is 9.66. The second-order valence-corrected chi connectivity index (χ2v) is 9.12. The average Bonchev–Trinajstić information content (AvgIpc) is 2.78. The first kappa shape index (κ1) is 22.4. The summed E-state index contributed by atoms with van der Waals surface area (Å²) in [5.41, 5.74) is 2.28. The number of ether oxygens (including phenoxy) is 1. The van der Waals surface area contributed by atoms with Crippen LogP contribution in [0.5, 0.6) is 5.75 Å². The van der Waals surface area contributed by atoms with E-state index in [1.165, 1.54) is 12.0 Å². The highest BCUT2D eigenvalue weighted by Gasteiger charge is 2.28. The van der Waals surface area contributed by atoms with E-state index in [9.17, 15) is 13.2 Å². The molecule has 162 valence electrons. The number of anilines is 1. The number of rotatable bonds is 8. The summed E-state index contributed by atoms with van der Waals surface area (Å²) >= 11 is 0. The average molecular weight is 439 g/mol. The molecule has 0 N–H and O–H groups in total. The SMILES string of the molecule is COc1cccc(N(CC(=O)N(C)Cc2ccccc2)S(=O)(=O)c2ccc(C)cc2)c1. The Labute approximate surface area is 183 Å². The molecule has 1 amide bonds. The summed E-state index contributed by atoms with van der Waals surface area (Å²) in [6.07, 6.45) is 0. The van der Waals surface area contributed by atoms with Crippen molar-refractivity contribution in [1.82, 2.24) is 4.90 Å². The lowest BCUT2D eigenvalue weighted by atomic mass is 10.2. The number of benzene rings is 3. The van der Waals surface area contributed by atoms with Crippen molar-refractivity contribution in [2.45, 2.75) is 18.4 Å². The molecule has 0 heterocycles. The normalized spacial score (nSPS) is 11.1. The third-order valence-corrected chi connectivity index (χ3v) is 6.71. The smallest absolute Gasteiger partial charge is 0.264 e. The highest BCUT2D eigenvalue weighted by Crippen LogP contribution is 2.27. The molecule has 0 saturated carbocycles. The molecule has 0 aliphatic carbocycles. The minimum Gasteiger partial charge on any atom is -0.497 e. The van der Waals surface area contributed by atoms with Crippen LogP contribution < -0.4 is 9.04 Å². The molecule has 0 spiro atoms. The third kappa shape index (κ3) is 5.44. The summed E-state index contributed by atoms with van der Waals surface area (Å²) < 4.78 is 33.3. The van der Waals surface area contributed by atoms with Crippen LogP contribution in [-0.4, -0.2) is 39.9 Å². The highest BCUT2D eigenvalue weighted by atomic mass is 32.2. The Morgan fingerprint density at radius 1 is 0.935 bits per heavy atom. The highest BCUT2D eigenvalue weighted by molar-refractivity contribution is 7.92. The van der Waals surface area contributed by atoms with Gasteiger partial charge in [0.25, 0.3) is 10.0 Å². The third-order valence-electron chi connectivity index (χ3n) is 4.92. The predicted octanol–water partition coefficient (Wildman–Crippen LogP) is 3.86. The molecule has 0 saturated heterocycles. The molecule has 0 unspecified atom stereocenters. The summed E-state index contributed by atoms with van der Waals surface area (Å²) in [6, 6.07) is 22.8. The van der Waals surface area contributed by atoms with E-state index >= 15 is 0 Å². The monoisotopic (exact) mass is 438 g/mol. The van der Waals surface area contributed by atoms with Crippen molar-refractivity contribution in [3.63, 3.8) is 0 Å². The van der Waals surface area contributed by atoms with Crippen molar-refractivity contribution in [2.24, 2.45) is 0 Å². The van der Waals surface area contributed by atoms with E-state index in [4.69, 9.17) is 4.74 Å². The van der Waals surface area contributed by atoms with Crippen LogP contribution in [0, 0.1) is 6.92 Å². The van der Waals surface area contributed by atoms with Gasteiger partial charge in [-0.1, -0.05) is 54.1 Å². The minimum absolute atomic E-state index is 0.124. The molecule has 3 aromatic rings. The lowest BCUT2D eigenvalue weighted by Gasteiger charge is -2.27. The van der Waals surface area contributed by atoms with Crippen molar-refractivity contribution >= 4 is 21.6 Å². The fourth-order valence-electron chi connectivity index (χ4n) is 3.11. The van der Waals surface area contributed by atoms with Gasteiger partial charge in [0, 0.05) is 19.7 Å². The first-order chi connectivity index (χ1) is 14.8. The van der Waals surface area contributed by atoms with Crippen LogP contribution >= 0.6 is 0 Å². The molecule has 6 nitrogen and oxygen atoms in total. The van der Waals surface area contributed by atoms with E-state index in [1.54, 1.807) is 55.6 Å². The first-order valence-electron chi connectivity index (χ1n) is 9.82. The summed E-state index contributed by atoms with van der Waals surface area (Å²) in [6.45, 7) is 1.95. The van der Waals surface area contributed by atoms with Gasteiger partial charge in [0.15, 0.2) is 0 Å². The Morgan fingerprint density at radius 2 is 1.61 bits per heavy atom. The zero-order chi connectivity index (χ0) is 22.4. The van der Waals surface area contributed by atoms with Crippen LogP contribution in [0.2, 0.25) is 0 Å². The molecule has 0 aromatic heterocycles. The van der Waals surface area contributed by atoms with Gasteiger partial charge in [-0.05, 0) is 36.8 Å². The summed E-state index contributed by atoms with van der Waals surface area (Å²) in [5.74, 6) is 0.189. The van der Waals surface area contributed by atoms with Crippen molar-refractivity contribution < 1.29 is 17.9 Å². The summed E-state index contributed by atoms with van der Waals surface area (Å²) in [4.78, 5) is 14.7. The van der Waals surface area contributed by atoms with Crippen LogP contribution in [0.15, 0.2) is 83.8 Å². The molecule has 0 fully saturated rings. The maximum atomic E-state index is 13.5. The topological polar surface area (TPSA) is 66.9 Å². The molecule has 31 heavy (non-hydrogen) atoms. The van der Waals surface area contributed by atoms with Gasteiger partial charge in [-0.3, -0.25) is 9.10 Å². The number of amides is 1. The van der Waals surface area contributed by atoms with Gasteiger partial charge >= 0.3 is 0 Å². The van der Waals surface area contributed by atoms with Crippen LogP contribution in [0.25, 0.3) is 0 Å². The van der Waals surface area contributed by atoms with Crippen LogP contribution in [0.4, 0.5) is 5.69 Å². The largest absolute Gasteiger partial charge is 0.497 e. The number of nitrogens with zero attached hydrogens (tertiary/aromatic N) is 2. The summed E-state index contributed by atoms with van der Waals surface area (Å²) in [5, 5.41) is 0. The fraction of sp³-hybridized carbons (Fsp3) is 0.208. The number of sulfonamides is 1. The van der Waals surface area contributed by atoms with Gasteiger partial charge < -0.3 is 9.64 Å². The van der Waals surface area contributed by atoms with Crippen LogP contribution in [-0.2, 0) is 21.4 Å². The summed E-state index contributed by atoms with van der Waals surface area (Å²) in [7, 11) is -0.792. The number of hydrogen-bond acceptors (Lipinski definition) is 4. The second-order valence-electron chi connectivity index (χ2n) is 7.26. The van der Waals surface area contributed by atoms with Crippen molar-refractivity contribution in [3.05, 3.63) is 90.0 Å². The Hall–Kier alpha value is -3.32. The fourth-order valence-corrected chi connectivity index (χ4v) is 4.51. The maximum absolute atomic E-state index is 13.5. The zero-order valence-electron chi connectivity index (χ0n) is 17.9. The first-order valence-corrected chi connectivity index (χ1v) is 11.3. The molecule has 0 atom stereocenters. The quantitative estimate of drug-likeness (QED) is 0.536. The molecule has 3 rings (SSSR count). The van der Waals surface area contributed by atoms with E-state index < -0.39 is 10.0 Å². The molecule has 0 bridgehead atoms. The number of methoxy groups -OCH3 is 1. The molecule has 0 radical (unpaired) electrons. The molecule has 0 aliphatic rings. The van der Waals surface area contributed by atoms with Crippen LogP contribution in [0.1, 0.15) is 11.1 Å². The molecule has 7 heteroatoms. The van der Waals surface area contributed by atoms with Crippen LogP contribution in [0.3, 0.4) is 0 Å². The van der Waals surface area contributed by atoms with Crippen molar-refractivity contribution in [2.75, 3.05) is 25.0 Å². The Morgan fingerprint density at radius 3 is 2.26 bits per heavy atom. The molecule has 0 aliphatic heterocycles. The Bertz CT molecular complexity index is 1130. The van der Waals surface area contributed by atoms with E-state index in [-0.39, 0.29) is 17.3 Å². The van der Waals surface area contributed by atoms with E-state index in [2.05, 4.69) is 0 Å². The van der Waals surface area contributed by atoms with Gasteiger partial charge in [0.1, 0.15) is 12.3 Å². The Balaban J connectivity index is 1.93. The number of aryl methyl sites for hydroxylation is 1. The van der Waals surface area contributed by atoms with Crippen molar-refractivity contribution in [3.8, 4) is 5.75 Å². The number of carbonyl (C=O) groups excluding carboxylic acids is 1. The van der Waals surface area contributed by atoms with Gasteiger partial charge in [-0.25, -0.2) is 8.42 Å². The zero-order valence-corrected chi connectivity index (χ0v) is 18.7. The lowest BCUT2D eigenvalue weighted by Crippen LogP contribution is -2.41. The predicted molar refractivity (Wildman–Crippen MR) is 122 cm³/mol. The lowest BCUT2D eigenvalue weighted by molar-refractivity contribution is -0.128.